The van der Waals surface area contributed by atoms with Crippen molar-refractivity contribution in [3.8, 4) is 17.2 Å². The lowest BCUT2D eigenvalue weighted by Crippen LogP contribution is -2.14. The van der Waals surface area contributed by atoms with Crippen LogP contribution in [-0.2, 0) is 17.8 Å². The van der Waals surface area contributed by atoms with Crippen molar-refractivity contribution < 1.29 is 18.8 Å². The topological polar surface area (TPSA) is 99.4 Å². The number of halogens is 1. The van der Waals surface area contributed by atoms with Crippen LogP contribution in [0.15, 0.2) is 77.6 Å². The maximum Gasteiger partial charge on any atom is 0.414 e. The Morgan fingerprint density at radius 3 is 2.59 bits per heavy atom. The summed E-state index contributed by atoms with van der Waals surface area (Å²) in [4.78, 5) is 20.0. The molecule has 0 aliphatic heterocycles. The summed E-state index contributed by atoms with van der Waals surface area (Å²) in [5, 5.41) is 6.68. The molecule has 3 heterocycles. The molecule has 0 spiro atoms. The minimum absolute atomic E-state index is 0.255. The van der Waals surface area contributed by atoms with Crippen molar-refractivity contribution in [1.29, 1.82) is 0 Å². The van der Waals surface area contributed by atoms with E-state index in [2.05, 4.69) is 25.2 Å². The highest BCUT2D eigenvalue weighted by molar-refractivity contribution is 6.17. The van der Waals surface area contributed by atoms with Gasteiger partial charge in [0.05, 0.1) is 11.3 Å². The quantitative estimate of drug-likeness (QED) is 0.375. The molecule has 0 radical (unpaired) electrons. The summed E-state index contributed by atoms with van der Waals surface area (Å²) in [7, 11) is 0. The van der Waals surface area contributed by atoms with E-state index in [1.165, 1.54) is 0 Å². The number of carbonyl (C=O) groups excluding carboxylic acids is 1. The Balaban J connectivity index is 1.40. The fraction of sp³-hybridized carbons (Fsp3) is 0.130. The second kappa shape index (κ2) is 10.4. The van der Waals surface area contributed by atoms with Crippen LogP contribution in [0.3, 0.4) is 0 Å². The lowest BCUT2D eigenvalue weighted by Gasteiger charge is -2.06. The third kappa shape index (κ3) is 5.61. The van der Waals surface area contributed by atoms with Gasteiger partial charge in [0.2, 0.25) is 5.88 Å². The number of hydrogen-bond acceptors (Lipinski definition) is 7. The fourth-order valence-electron chi connectivity index (χ4n) is 2.96. The van der Waals surface area contributed by atoms with E-state index >= 15 is 0 Å². The zero-order chi connectivity index (χ0) is 22.2. The monoisotopic (exact) mass is 450 g/mol. The summed E-state index contributed by atoms with van der Waals surface area (Å²) in [6.45, 7) is 0.439. The molecule has 0 unspecified atom stereocenters. The third-order valence-electron chi connectivity index (χ3n) is 4.47. The van der Waals surface area contributed by atoms with Gasteiger partial charge >= 0.3 is 6.09 Å². The number of aromatic nitrogens is 3. The molecule has 8 nitrogen and oxygen atoms in total. The lowest BCUT2D eigenvalue weighted by atomic mass is 10.1. The summed E-state index contributed by atoms with van der Waals surface area (Å²) in [5.41, 5.74) is 3.44. The van der Waals surface area contributed by atoms with Crippen LogP contribution >= 0.6 is 11.6 Å². The molecule has 0 aliphatic carbocycles. The Bertz CT molecular complexity index is 1170. The number of nitrogens with one attached hydrogen (secondary N) is 1. The van der Waals surface area contributed by atoms with Gasteiger partial charge in [-0.25, -0.2) is 14.8 Å². The number of anilines is 1. The van der Waals surface area contributed by atoms with Crippen LogP contribution in [0.5, 0.6) is 5.88 Å². The fourth-order valence-corrected chi connectivity index (χ4v) is 3.06. The zero-order valence-corrected chi connectivity index (χ0v) is 17.7. The van der Waals surface area contributed by atoms with E-state index in [1.54, 1.807) is 24.5 Å². The van der Waals surface area contributed by atoms with Gasteiger partial charge in [-0.05, 0) is 29.3 Å². The van der Waals surface area contributed by atoms with Gasteiger partial charge in [0, 0.05) is 30.9 Å². The summed E-state index contributed by atoms with van der Waals surface area (Å²) >= 11 is 5.41. The highest BCUT2D eigenvalue weighted by atomic mass is 35.5. The first kappa shape index (κ1) is 21.3. The Kier molecular flexibility index (Phi) is 6.94. The average Bonchev–Trinajstić information content (AvgIpc) is 3.28. The van der Waals surface area contributed by atoms with Crippen LogP contribution < -0.4 is 10.1 Å². The molecule has 1 amide bonds. The minimum atomic E-state index is -0.702. The number of hydrogen-bond donors (Lipinski definition) is 1. The van der Waals surface area contributed by atoms with E-state index < -0.39 is 6.09 Å². The number of nitrogens with zero attached hydrogens (tertiary/aromatic N) is 3. The molecule has 0 saturated heterocycles. The van der Waals surface area contributed by atoms with Gasteiger partial charge in [0.15, 0.2) is 11.8 Å². The number of ether oxygens (including phenoxy) is 2. The van der Waals surface area contributed by atoms with Gasteiger partial charge in [-0.1, -0.05) is 47.1 Å². The van der Waals surface area contributed by atoms with Crippen LogP contribution in [0.2, 0.25) is 0 Å². The smallest absolute Gasteiger partial charge is 0.414 e. The maximum atomic E-state index is 11.7. The Morgan fingerprint density at radius 2 is 1.81 bits per heavy atom. The van der Waals surface area contributed by atoms with Gasteiger partial charge in [-0.2, -0.15) is 0 Å². The Labute approximate surface area is 189 Å². The first-order chi connectivity index (χ1) is 15.7. The summed E-state index contributed by atoms with van der Waals surface area (Å²) < 4.78 is 15.8. The molecular formula is C23H19ClN4O4. The molecule has 4 aromatic rings. The largest absolute Gasteiger partial charge is 0.473 e. The van der Waals surface area contributed by atoms with Crippen molar-refractivity contribution in [2.45, 2.75) is 13.0 Å². The van der Waals surface area contributed by atoms with Gasteiger partial charge in [0.25, 0.3) is 0 Å². The number of pyridine rings is 2. The maximum absolute atomic E-state index is 11.7. The Morgan fingerprint density at radius 1 is 1.00 bits per heavy atom. The molecule has 1 aromatic carbocycles. The first-order valence-electron chi connectivity index (χ1n) is 9.73. The SMILES string of the molecule is O=C(Nc1ncccc1-c1cc(Cc2ccc(COc3ccccn3)cc2)no1)OCCl. The van der Waals surface area contributed by atoms with Gasteiger partial charge < -0.3 is 14.0 Å². The van der Waals surface area contributed by atoms with Crippen molar-refractivity contribution in [2.75, 3.05) is 11.4 Å². The molecule has 4 rings (SSSR count). The van der Waals surface area contributed by atoms with E-state index in [0.717, 1.165) is 16.8 Å². The molecule has 0 fully saturated rings. The van der Waals surface area contributed by atoms with Crippen LogP contribution in [0, 0.1) is 0 Å². The summed E-state index contributed by atoms with van der Waals surface area (Å²) in [6.07, 6.45) is 3.13. The van der Waals surface area contributed by atoms with Crippen molar-refractivity contribution in [2.24, 2.45) is 0 Å². The predicted molar refractivity (Wildman–Crippen MR) is 118 cm³/mol. The standard InChI is InChI=1S/C23H19ClN4O4/c24-15-31-23(29)27-22-19(4-3-11-26-22)20-13-18(28-32-20)12-16-6-8-17(9-7-16)14-30-21-5-1-2-10-25-21/h1-11,13H,12,14-15H2,(H,26,27,29). The van der Waals surface area contributed by atoms with Crippen LogP contribution in [0.1, 0.15) is 16.8 Å². The van der Waals surface area contributed by atoms with E-state index in [-0.39, 0.29) is 6.07 Å². The second-order valence-electron chi connectivity index (χ2n) is 6.70. The molecular weight excluding hydrogens is 432 g/mol. The van der Waals surface area contributed by atoms with Crippen molar-refractivity contribution >= 4 is 23.5 Å². The molecule has 162 valence electrons. The number of amides is 1. The molecule has 3 aromatic heterocycles. The van der Waals surface area contributed by atoms with Crippen molar-refractivity contribution in [3.63, 3.8) is 0 Å². The summed E-state index contributed by atoms with van der Waals surface area (Å²) in [6, 6.07) is 18.7. The number of benzene rings is 1. The predicted octanol–water partition coefficient (Wildman–Crippen LogP) is 5.05. The van der Waals surface area contributed by atoms with E-state index in [4.69, 9.17) is 20.9 Å². The van der Waals surface area contributed by atoms with Gasteiger partial charge in [0.1, 0.15) is 12.4 Å². The summed E-state index contributed by atoms with van der Waals surface area (Å²) in [5.74, 6) is 1.36. The second-order valence-corrected chi connectivity index (χ2v) is 6.92. The molecule has 0 saturated carbocycles. The molecule has 0 bridgehead atoms. The number of carbonyl (C=O) groups is 1. The first-order valence-corrected chi connectivity index (χ1v) is 10.3. The van der Waals surface area contributed by atoms with Crippen LogP contribution in [0.4, 0.5) is 10.6 Å². The van der Waals surface area contributed by atoms with E-state index in [0.29, 0.717) is 36.0 Å². The van der Waals surface area contributed by atoms with Gasteiger partial charge in [-0.3, -0.25) is 5.32 Å². The molecule has 32 heavy (non-hydrogen) atoms. The third-order valence-corrected chi connectivity index (χ3v) is 4.58. The number of rotatable bonds is 8. The lowest BCUT2D eigenvalue weighted by molar-refractivity contribution is 0.180. The molecule has 0 atom stereocenters. The average molecular weight is 451 g/mol. The minimum Gasteiger partial charge on any atom is -0.473 e. The van der Waals surface area contributed by atoms with E-state index in [9.17, 15) is 4.79 Å². The highest BCUT2D eigenvalue weighted by Gasteiger charge is 2.15. The molecule has 1 N–H and O–H groups in total. The zero-order valence-electron chi connectivity index (χ0n) is 16.9. The normalized spacial score (nSPS) is 10.5. The molecule has 0 aliphatic rings. The highest BCUT2D eigenvalue weighted by Crippen LogP contribution is 2.27. The van der Waals surface area contributed by atoms with Crippen molar-refractivity contribution in [1.82, 2.24) is 15.1 Å². The van der Waals surface area contributed by atoms with E-state index in [1.807, 2.05) is 48.5 Å². The number of alkyl halides is 1. The van der Waals surface area contributed by atoms with Crippen LogP contribution in [-0.4, -0.2) is 27.3 Å². The van der Waals surface area contributed by atoms with Crippen molar-refractivity contribution in [3.05, 3.63) is 89.9 Å². The molecule has 9 heteroatoms. The van der Waals surface area contributed by atoms with Gasteiger partial charge in [-0.15, -0.1) is 0 Å². The Hall–Kier alpha value is -3.91. The van der Waals surface area contributed by atoms with Crippen LogP contribution in [0.25, 0.3) is 11.3 Å².